The van der Waals surface area contributed by atoms with E-state index in [9.17, 15) is 4.79 Å². The molecule has 0 saturated carbocycles. The molecule has 0 aliphatic rings. The Hall–Kier alpha value is -1.33. The van der Waals surface area contributed by atoms with Crippen LogP contribution in [0, 0.1) is 6.92 Å². The number of aromatic amines is 1. The van der Waals surface area contributed by atoms with E-state index in [1.807, 2.05) is 38.2 Å². The van der Waals surface area contributed by atoms with Gasteiger partial charge in [0.15, 0.2) is 0 Å². The Labute approximate surface area is 108 Å². The van der Waals surface area contributed by atoms with Crippen LogP contribution in [0.4, 0.5) is 0 Å². The van der Waals surface area contributed by atoms with Gasteiger partial charge in [0.25, 0.3) is 5.56 Å². The Bertz CT molecular complexity index is 568. The molecule has 2 aromatic rings. The van der Waals surface area contributed by atoms with Crippen molar-refractivity contribution in [1.82, 2.24) is 15.1 Å². The molecule has 0 spiro atoms. The number of hydrogen-bond acceptors (Lipinski definition) is 2. The van der Waals surface area contributed by atoms with E-state index in [1.54, 1.807) is 4.68 Å². The Morgan fingerprint density at radius 1 is 1.35 bits per heavy atom. The van der Waals surface area contributed by atoms with Crippen LogP contribution in [-0.4, -0.2) is 16.8 Å². The zero-order valence-corrected chi connectivity index (χ0v) is 11.3. The molecule has 0 saturated heterocycles. The van der Waals surface area contributed by atoms with Gasteiger partial charge in [-0.3, -0.25) is 14.6 Å². The minimum Gasteiger partial charge on any atom is -0.315 e. The summed E-state index contributed by atoms with van der Waals surface area (Å²) in [6.45, 7) is 2.51. The lowest BCUT2D eigenvalue weighted by Crippen LogP contribution is -2.14. The number of hydrogen-bond donors (Lipinski definition) is 2. The lowest BCUT2D eigenvalue weighted by Gasteiger charge is -2.06. The van der Waals surface area contributed by atoms with Gasteiger partial charge in [-0.1, -0.05) is 15.9 Å². The first-order valence-electron chi connectivity index (χ1n) is 5.34. The second-order valence-electron chi connectivity index (χ2n) is 3.85. The predicted octanol–water partition coefficient (Wildman–Crippen LogP) is 1.96. The van der Waals surface area contributed by atoms with E-state index >= 15 is 0 Å². The van der Waals surface area contributed by atoms with Crippen LogP contribution in [0.2, 0.25) is 0 Å². The molecule has 1 aromatic heterocycles. The van der Waals surface area contributed by atoms with Crippen LogP contribution in [0.5, 0.6) is 0 Å². The summed E-state index contributed by atoms with van der Waals surface area (Å²) in [4.78, 5) is 11.8. The Morgan fingerprint density at radius 3 is 2.59 bits per heavy atom. The van der Waals surface area contributed by atoms with Gasteiger partial charge in [0.1, 0.15) is 0 Å². The van der Waals surface area contributed by atoms with E-state index in [1.165, 1.54) is 0 Å². The third kappa shape index (κ3) is 2.35. The molecule has 0 atom stereocenters. The van der Waals surface area contributed by atoms with Crippen molar-refractivity contribution in [3.8, 4) is 5.69 Å². The first-order valence-corrected chi connectivity index (χ1v) is 6.14. The number of rotatable bonds is 3. The lowest BCUT2D eigenvalue weighted by molar-refractivity contribution is 0.801. The van der Waals surface area contributed by atoms with E-state index in [4.69, 9.17) is 0 Å². The average molecular weight is 296 g/mol. The topological polar surface area (TPSA) is 49.8 Å². The quantitative estimate of drug-likeness (QED) is 0.909. The third-order valence-corrected chi connectivity index (χ3v) is 3.23. The highest BCUT2D eigenvalue weighted by Gasteiger charge is 2.10. The maximum atomic E-state index is 11.8. The third-order valence-electron chi connectivity index (χ3n) is 2.70. The smallest absolute Gasteiger partial charge is 0.269 e. The largest absolute Gasteiger partial charge is 0.315 e. The summed E-state index contributed by atoms with van der Waals surface area (Å²) in [5, 5.41) is 5.84. The van der Waals surface area contributed by atoms with E-state index in [0.717, 1.165) is 21.4 Å². The van der Waals surface area contributed by atoms with Crippen molar-refractivity contribution in [2.24, 2.45) is 0 Å². The van der Waals surface area contributed by atoms with E-state index in [0.29, 0.717) is 6.54 Å². The number of nitrogens with one attached hydrogen (secondary N) is 2. The Balaban J connectivity index is 2.50. The fourth-order valence-electron chi connectivity index (χ4n) is 1.79. The van der Waals surface area contributed by atoms with Crippen LogP contribution in [0.3, 0.4) is 0 Å². The summed E-state index contributed by atoms with van der Waals surface area (Å²) in [6, 6.07) is 7.81. The normalized spacial score (nSPS) is 10.8. The summed E-state index contributed by atoms with van der Waals surface area (Å²) < 4.78 is 2.82. The van der Waals surface area contributed by atoms with Crippen molar-refractivity contribution in [2.75, 3.05) is 7.05 Å². The average Bonchev–Trinajstić information content (AvgIpc) is 2.59. The molecule has 0 unspecified atom stereocenters. The summed E-state index contributed by atoms with van der Waals surface area (Å²) in [6.07, 6.45) is 0. The van der Waals surface area contributed by atoms with Gasteiger partial charge < -0.3 is 5.32 Å². The summed E-state index contributed by atoms with van der Waals surface area (Å²) in [7, 11) is 1.83. The molecule has 0 fully saturated rings. The van der Waals surface area contributed by atoms with E-state index in [-0.39, 0.29) is 5.56 Å². The lowest BCUT2D eigenvalue weighted by atomic mass is 10.2. The highest BCUT2D eigenvalue weighted by molar-refractivity contribution is 9.10. The first-order chi connectivity index (χ1) is 8.13. The van der Waals surface area contributed by atoms with Crippen molar-refractivity contribution in [3.05, 3.63) is 50.3 Å². The standard InChI is InChI=1S/C12H14BrN3O/c1-8-11(7-14-2)12(17)15-16(8)10-5-3-9(13)4-6-10/h3-6,14H,7H2,1-2H3,(H,15,17). The number of benzene rings is 1. The molecular formula is C12H14BrN3O. The molecule has 5 heteroatoms. The Morgan fingerprint density at radius 2 is 2.00 bits per heavy atom. The molecule has 1 aromatic carbocycles. The van der Waals surface area contributed by atoms with Gasteiger partial charge in [0.05, 0.1) is 11.3 Å². The highest BCUT2D eigenvalue weighted by Crippen LogP contribution is 2.15. The molecule has 0 aliphatic carbocycles. The summed E-state index contributed by atoms with van der Waals surface area (Å²) in [5.74, 6) is 0. The van der Waals surface area contributed by atoms with Gasteiger partial charge in [-0.05, 0) is 38.2 Å². The minimum atomic E-state index is -0.0419. The molecule has 0 amide bonds. The van der Waals surface area contributed by atoms with Crippen molar-refractivity contribution >= 4 is 15.9 Å². The summed E-state index contributed by atoms with van der Waals surface area (Å²) >= 11 is 3.39. The fourth-order valence-corrected chi connectivity index (χ4v) is 2.05. The van der Waals surface area contributed by atoms with Crippen molar-refractivity contribution in [3.63, 3.8) is 0 Å². The molecule has 17 heavy (non-hydrogen) atoms. The molecule has 0 aliphatic heterocycles. The van der Waals surface area contributed by atoms with Gasteiger partial charge in [0, 0.05) is 16.7 Å². The Kier molecular flexibility index (Phi) is 3.49. The number of halogens is 1. The zero-order valence-electron chi connectivity index (χ0n) is 9.75. The second kappa shape index (κ2) is 4.89. The number of H-pyrrole nitrogens is 1. The van der Waals surface area contributed by atoms with Gasteiger partial charge in [-0.15, -0.1) is 0 Å². The molecule has 0 bridgehead atoms. The minimum absolute atomic E-state index is 0.0419. The van der Waals surface area contributed by atoms with Crippen LogP contribution in [0.15, 0.2) is 33.5 Å². The van der Waals surface area contributed by atoms with Crippen molar-refractivity contribution in [1.29, 1.82) is 0 Å². The predicted molar refractivity (Wildman–Crippen MR) is 71.6 cm³/mol. The molecule has 4 nitrogen and oxygen atoms in total. The second-order valence-corrected chi connectivity index (χ2v) is 4.76. The van der Waals surface area contributed by atoms with Crippen LogP contribution in [0.25, 0.3) is 5.69 Å². The highest BCUT2D eigenvalue weighted by atomic mass is 79.9. The van der Waals surface area contributed by atoms with Crippen LogP contribution in [-0.2, 0) is 6.54 Å². The van der Waals surface area contributed by atoms with Crippen LogP contribution >= 0.6 is 15.9 Å². The van der Waals surface area contributed by atoms with Gasteiger partial charge >= 0.3 is 0 Å². The van der Waals surface area contributed by atoms with Crippen molar-refractivity contribution in [2.45, 2.75) is 13.5 Å². The zero-order chi connectivity index (χ0) is 12.4. The van der Waals surface area contributed by atoms with Crippen molar-refractivity contribution < 1.29 is 0 Å². The molecule has 90 valence electrons. The number of aromatic nitrogens is 2. The summed E-state index contributed by atoms with van der Waals surface area (Å²) in [5.41, 5.74) is 2.62. The first kappa shape index (κ1) is 12.1. The molecule has 2 N–H and O–H groups in total. The maximum Gasteiger partial charge on any atom is 0.269 e. The molecule has 1 heterocycles. The van der Waals surface area contributed by atoms with Crippen LogP contribution in [0.1, 0.15) is 11.3 Å². The molecular weight excluding hydrogens is 282 g/mol. The van der Waals surface area contributed by atoms with Gasteiger partial charge in [0.2, 0.25) is 0 Å². The van der Waals surface area contributed by atoms with E-state index in [2.05, 4.69) is 26.3 Å². The maximum absolute atomic E-state index is 11.8. The van der Waals surface area contributed by atoms with Gasteiger partial charge in [-0.2, -0.15) is 0 Å². The van der Waals surface area contributed by atoms with E-state index < -0.39 is 0 Å². The SMILES string of the molecule is CNCc1c(C)n(-c2ccc(Br)cc2)[nH]c1=O. The van der Waals surface area contributed by atoms with Gasteiger partial charge in [-0.25, -0.2) is 0 Å². The fraction of sp³-hybridized carbons (Fsp3) is 0.250. The monoisotopic (exact) mass is 295 g/mol. The number of nitrogens with zero attached hydrogens (tertiary/aromatic N) is 1. The molecule has 2 rings (SSSR count). The van der Waals surface area contributed by atoms with Crippen LogP contribution < -0.4 is 10.9 Å². The molecule has 0 radical (unpaired) electrons.